The van der Waals surface area contributed by atoms with E-state index >= 15 is 0 Å². The number of rotatable bonds is 7. The van der Waals surface area contributed by atoms with E-state index in [-0.39, 0.29) is 17.9 Å². The van der Waals surface area contributed by atoms with E-state index in [4.69, 9.17) is 0 Å². The van der Waals surface area contributed by atoms with E-state index in [1.165, 1.54) is 32.4 Å². The van der Waals surface area contributed by atoms with Gasteiger partial charge in [0.25, 0.3) is 0 Å². The number of allylic oxidation sites excluding steroid dienone is 1. The van der Waals surface area contributed by atoms with Gasteiger partial charge in [-0.1, -0.05) is 6.42 Å². The fraction of sp³-hybridized carbons (Fsp3) is 0.542. The number of unbranched alkanes of at least 4 members (excludes halogenated alkanes) is 1. The van der Waals surface area contributed by atoms with Crippen molar-refractivity contribution in [1.82, 2.24) is 20.5 Å². The molecular weight excluding hydrogens is 470 g/mol. The molecule has 1 aromatic rings. The lowest BCUT2D eigenvalue weighted by molar-refractivity contribution is -0.118. The summed E-state index contributed by atoms with van der Waals surface area (Å²) in [6.07, 6.45) is 9.65. The van der Waals surface area contributed by atoms with Crippen LogP contribution in [-0.4, -0.2) is 53.9 Å². The second-order valence-corrected chi connectivity index (χ2v) is 9.82. The number of pyridine rings is 1. The van der Waals surface area contributed by atoms with Gasteiger partial charge in [-0.2, -0.15) is 0 Å². The maximum Gasteiger partial charge on any atom is 0.249 e. The number of hydrogen-bond donors (Lipinski definition) is 3. The first-order chi connectivity index (χ1) is 15.4. The molecule has 0 aromatic carbocycles. The number of halogens is 1. The molecule has 3 N–H and O–H groups in total. The Balaban J connectivity index is 1.36. The zero-order valence-electron chi connectivity index (χ0n) is 18.8. The largest absolute Gasteiger partial charge is 0.378 e. The summed E-state index contributed by atoms with van der Waals surface area (Å²) in [5.41, 5.74) is 3.32. The Bertz CT molecular complexity index is 952. The van der Waals surface area contributed by atoms with E-state index in [1.54, 1.807) is 6.20 Å². The van der Waals surface area contributed by atoms with Crippen molar-refractivity contribution in [2.24, 2.45) is 0 Å². The summed E-state index contributed by atoms with van der Waals surface area (Å²) in [4.78, 5) is 32.2. The molecule has 2 amide bonds. The van der Waals surface area contributed by atoms with Crippen LogP contribution in [0.1, 0.15) is 57.4 Å². The standard InChI is InChI=1S/C24H32BrN5O2/c1-15-20(13-19-18-12-17(25)14-27-22(18)29-23(19)31)28-16(2)21(15)24(32)26-8-4-7-11-30-9-5-3-6-10-30/h12-14,16,19,28H,3-11H2,1-2H3,(H,26,32)(H,27,29,31)/b20-13-. The first-order valence-electron chi connectivity index (χ1n) is 11.6. The van der Waals surface area contributed by atoms with E-state index in [9.17, 15) is 9.59 Å². The zero-order chi connectivity index (χ0) is 22.7. The van der Waals surface area contributed by atoms with E-state index < -0.39 is 5.92 Å². The van der Waals surface area contributed by atoms with Crippen LogP contribution in [0.3, 0.4) is 0 Å². The Morgan fingerprint density at radius 1 is 1.31 bits per heavy atom. The van der Waals surface area contributed by atoms with Gasteiger partial charge in [0.15, 0.2) is 0 Å². The number of carbonyl (C=O) groups excluding carboxylic acids is 2. The highest BCUT2D eigenvalue weighted by molar-refractivity contribution is 9.10. The van der Waals surface area contributed by atoms with Crippen molar-refractivity contribution in [3.8, 4) is 0 Å². The molecule has 3 aliphatic heterocycles. The normalized spacial score (nSPS) is 24.5. The number of hydrogen-bond acceptors (Lipinski definition) is 5. The minimum Gasteiger partial charge on any atom is -0.378 e. The van der Waals surface area contributed by atoms with Gasteiger partial charge < -0.3 is 20.9 Å². The second-order valence-electron chi connectivity index (χ2n) is 8.91. The predicted octanol–water partition coefficient (Wildman–Crippen LogP) is 3.45. The minimum absolute atomic E-state index is 0.0236. The molecule has 4 rings (SSSR count). The molecule has 3 aliphatic rings. The van der Waals surface area contributed by atoms with Crippen LogP contribution in [-0.2, 0) is 9.59 Å². The summed E-state index contributed by atoms with van der Waals surface area (Å²) >= 11 is 3.43. The summed E-state index contributed by atoms with van der Waals surface area (Å²) in [6, 6.07) is 1.82. The average Bonchev–Trinajstić information content (AvgIpc) is 3.23. The van der Waals surface area contributed by atoms with Crippen molar-refractivity contribution in [2.75, 3.05) is 31.5 Å². The van der Waals surface area contributed by atoms with Crippen molar-refractivity contribution in [1.29, 1.82) is 0 Å². The van der Waals surface area contributed by atoms with Crippen molar-refractivity contribution < 1.29 is 9.59 Å². The molecule has 0 radical (unpaired) electrons. The third-order valence-electron chi connectivity index (χ3n) is 6.57. The smallest absolute Gasteiger partial charge is 0.249 e. The van der Waals surface area contributed by atoms with Crippen LogP contribution in [0.15, 0.2) is 39.7 Å². The van der Waals surface area contributed by atoms with Crippen molar-refractivity contribution in [2.45, 2.75) is 57.9 Å². The molecule has 2 unspecified atom stereocenters. The van der Waals surface area contributed by atoms with Crippen LogP contribution in [0.4, 0.5) is 5.82 Å². The Morgan fingerprint density at radius 3 is 2.88 bits per heavy atom. The molecular formula is C24H32BrN5O2. The highest BCUT2D eigenvalue weighted by atomic mass is 79.9. The lowest BCUT2D eigenvalue weighted by Gasteiger charge is -2.26. The zero-order valence-corrected chi connectivity index (χ0v) is 20.4. The first-order valence-corrected chi connectivity index (χ1v) is 12.4. The van der Waals surface area contributed by atoms with Gasteiger partial charge in [0.1, 0.15) is 5.82 Å². The van der Waals surface area contributed by atoms with Crippen LogP contribution in [0, 0.1) is 0 Å². The Kier molecular flexibility index (Phi) is 7.30. The number of fused-ring (bicyclic) bond motifs is 1. The fourth-order valence-corrected chi connectivity index (χ4v) is 5.18. The summed E-state index contributed by atoms with van der Waals surface area (Å²) in [5, 5.41) is 9.30. The molecule has 8 heteroatoms. The molecule has 0 aliphatic carbocycles. The molecule has 2 atom stereocenters. The molecule has 4 heterocycles. The number of nitrogens with one attached hydrogen (secondary N) is 3. The number of anilines is 1. The van der Waals surface area contributed by atoms with Gasteiger partial charge >= 0.3 is 0 Å². The predicted molar refractivity (Wildman–Crippen MR) is 129 cm³/mol. The van der Waals surface area contributed by atoms with E-state index in [2.05, 4.69) is 41.8 Å². The second kappa shape index (κ2) is 10.2. The number of likely N-dealkylation sites (tertiary alicyclic amines) is 1. The minimum atomic E-state index is -0.433. The van der Waals surface area contributed by atoms with Crippen molar-refractivity contribution in [3.05, 3.63) is 45.2 Å². The third-order valence-corrected chi connectivity index (χ3v) is 7.00. The maximum atomic E-state index is 12.9. The highest BCUT2D eigenvalue weighted by Crippen LogP contribution is 2.36. The molecule has 32 heavy (non-hydrogen) atoms. The molecule has 7 nitrogen and oxygen atoms in total. The average molecular weight is 502 g/mol. The Hall–Kier alpha value is -2.19. The van der Waals surface area contributed by atoms with Crippen molar-refractivity contribution >= 4 is 33.6 Å². The number of nitrogens with zero attached hydrogens (tertiary/aromatic N) is 2. The van der Waals surface area contributed by atoms with Crippen LogP contribution < -0.4 is 16.0 Å². The van der Waals surface area contributed by atoms with Gasteiger partial charge in [-0.25, -0.2) is 4.98 Å². The molecule has 1 aromatic heterocycles. The monoisotopic (exact) mass is 501 g/mol. The van der Waals surface area contributed by atoms with E-state index in [0.29, 0.717) is 12.4 Å². The Labute approximate surface area is 198 Å². The quantitative estimate of drug-likeness (QED) is 0.498. The molecule has 1 saturated heterocycles. The molecule has 0 bridgehead atoms. The van der Waals surface area contributed by atoms with Gasteiger partial charge in [0.05, 0.1) is 12.0 Å². The molecule has 172 valence electrons. The molecule has 0 spiro atoms. The van der Waals surface area contributed by atoms with Gasteiger partial charge in [-0.3, -0.25) is 9.59 Å². The van der Waals surface area contributed by atoms with E-state index in [1.807, 2.05) is 26.0 Å². The summed E-state index contributed by atoms with van der Waals surface area (Å²) in [6.45, 7) is 8.17. The number of carbonyl (C=O) groups is 2. The van der Waals surface area contributed by atoms with Crippen LogP contribution >= 0.6 is 15.9 Å². The number of aromatic nitrogens is 1. The van der Waals surface area contributed by atoms with Crippen LogP contribution in [0.2, 0.25) is 0 Å². The topological polar surface area (TPSA) is 86.4 Å². The van der Waals surface area contributed by atoms with Crippen molar-refractivity contribution in [3.63, 3.8) is 0 Å². The summed E-state index contributed by atoms with van der Waals surface area (Å²) in [7, 11) is 0. The summed E-state index contributed by atoms with van der Waals surface area (Å²) < 4.78 is 0.830. The SMILES string of the molecule is CC1=C(C(=O)NCCCCN2CCCCC2)C(C)N/C1=C\C1C(=O)Nc2ncc(Br)cc21. The van der Waals surface area contributed by atoms with Crippen LogP contribution in [0.5, 0.6) is 0 Å². The number of amides is 2. The van der Waals surface area contributed by atoms with Gasteiger partial charge in [-0.05, 0) is 92.8 Å². The Morgan fingerprint density at radius 2 is 2.09 bits per heavy atom. The highest BCUT2D eigenvalue weighted by Gasteiger charge is 2.34. The number of piperidine rings is 1. The molecule has 0 saturated carbocycles. The molecule has 1 fully saturated rings. The van der Waals surface area contributed by atoms with E-state index in [0.717, 1.165) is 46.3 Å². The summed E-state index contributed by atoms with van der Waals surface area (Å²) in [5.74, 6) is 0.0311. The van der Waals surface area contributed by atoms with Gasteiger partial charge in [-0.15, -0.1) is 0 Å². The lowest BCUT2D eigenvalue weighted by Crippen LogP contribution is -2.33. The van der Waals surface area contributed by atoms with Gasteiger partial charge in [0.2, 0.25) is 11.8 Å². The van der Waals surface area contributed by atoms with Gasteiger partial charge in [0, 0.05) is 34.0 Å². The maximum absolute atomic E-state index is 12.9. The van der Waals surface area contributed by atoms with Crippen LogP contribution in [0.25, 0.3) is 0 Å². The fourth-order valence-electron chi connectivity index (χ4n) is 4.83. The third kappa shape index (κ3) is 5.07. The lowest BCUT2D eigenvalue weighted by atomic mass is 9.99. The first kappa shape index (κ1) is 23.0.